The van der Waals surface area contributed by atoms with Crippen LogP contribution in [-0.4, -0.2) is 83.6 Å². The lowest BCUT2D eigenvalue weighted by atomic mass is 9.70. The maximum absolute atomic E-state index is 14.0. The van der Waals surface area contributed by atoms with E-state index in [0.717, 1.165) is 69.0 Å². The normalized spacial score (nSPS) is 23.6. The number of anilines is 2. The van der Waals surface area contributed by atoms with Crippen LogP contribution in [0.5, 0.6) is 11.5 Å². The van der Waals surface area contributed by atoms with Crippen molar-refractivity contribution in [1.82, 2.24) is 19.6 Å². The van der Waals surface area contributed by atoms with Gasteiger partial charge in [-0.15, -0.1) is 0 Å². The van der Waals surface area contributed by atoms with E-state index in [1.54, 1.807) is 30.6 Å². The molecular weight excluding hydrogens is 831 g/mol. The number of nitro benzene ring substituents is 1. The van der Waals surface area contributed by atoms with Gasteiger partial charge in [0.1, 0.15) is 22.8 Å². The number of nitrogens with zero attached hydrogens (tertiary/aromatic N) is 4. The fraction of sp³-hybridized carbons (Fsp3) is 0.469. The molecule has 14 nitrogen and oxygen atoms in total. The van der Waals surface area contributed by atoms with Crippen molar-refractivity contribution >= 4 is 44.0 Å². The summed E-state index contributed by atoms with van der Waals surface area (Å²) in [6, 6.07) is 22.0. The van der Waals surface area contributed by atoms with E-state index >= 15 is 0 Å². The molecule has 2 aromatic heterocycles. The molecule has 15 heteroatoms. The summed E-state index contributed by atoms with van der Waals surface area (Å²) in [6.07, 6.45) is 12.0. The molecule has 0 radical (unpaired) electrons. The molecule has 2 saturated heterocycles. The Labute approximate surface area is 375 Å². The van der Waals surface area contributed by atoms with Crippen LogP contribution in [0.3, 0.4) is 0 Å². The molecule has 4 fully saturated rings. The number of nitrogens with one attached hydrogen (secondary N) is 3. The monoisotopic (exact) mass is 889 g/mol. The summed E-state index contributed by atoms with van der Waals surface area (Å²) in [6.45, 7) is 10.7. The Bertz CT molecular complexity index is 2640. The lowest BCUT2D eigenvalue weighted by Gasteiger charge is -2.57. The zero-order chi connectivity index (χ0) is 44.8. The number of H-pyrrole nitrogens is 1. The Morgan fingerprint density at radius 2 is 1.77 bits per heavy atom. The zero-order valence-corrected chi connectivity index (χ0v) is 37.7. The lowest BCUT2D eigenvalue weighted by Crippen LogP contribution is -2.63. The number of ether oxygens (including phenoxy) is 1. The van der Waals surface area contributed by atoms with Gasteiger partial charge in [0.25, 0.3) is 21.6 Å². The Morgan fingerprint density at radius 1 is 1.00 bits per heavy atom. The molecule has 2 aliphatic heterocycles. The number of fused-ring (bicyclic) bond motifs is 1. The first-order valence-electron chi connectivity index (χ1n) is 22.8. The number of hydrogen-bond donors (Lipinski definition) is 4. The first kappa shape index (κ1) is 43.7. The van der Waals surface area contributed by atoms with Crippen LogP contribution >= 0.6 is 0 Å². The number of nitro groups is 1. The summed E-state index contributed by atoms with van der Waals surface area (Å²) in [5.74, 6) is 0.866. The van der Waals surface area contributed by atoms with Gasteiger partial charge in [-0.3, -0.25) is 19.8 Å². The molecule has 1 amide bonds. The Kier molecular flexibility index (Phi) is 11.9. The number of aromatic amines is 1. The van der Waals surface area contributed by atoms with Crippen LogP contribution in [-0.2, 0) is 10.0 Å². The number of aliphatic hydroxyl groups is 1. The summed E-state index contributed by atoms with van der Waals surface area (Å²) in [5.41, 5.74) is 3.83. The van der Waals surface area contributed by atoms with Crippen molar-refractivity contribution in [2.75, 3.05) is 42.9 Å². The van der Waals surface area contributed by atoms with E-state index in [0.29, 0.717) is 48.7 Å². The van der Waals surface area contributed by atoms with E-state index in [4.69, 9.17) is 4.74 Å². The van der Waals surface area contributed by atoms with Gasteiger partial charge in [0.15, 0.2) is 0 Å². The van der Waals surface area contributed by atoms with Gasteiger partial charge in [-0.25, -0.2) is 18.1 Å². The highest BCUT2D eigenvalue weighted by molar-refractivity contribution is 7.90. The Balaban J connectivity index is 0.895. The van der Waals surface area contributed by atoms with Gasteiger partial charge >= 0.3 is 0 Å². The molecule has 2 saturated carbocycles. The molecular formula is C49H59N7O7S. The summed E-state index contributed by atoms with van der Waals surface area (Å²) >= 11 is 0. The van der Waals surface area contributed by atoms with Crippen molar-refractivity contribution in [2.24, 2.45) is 11.3 Å². The number of likely N-dealkylation sites (tertiary alicyclic amines) is 1. The lowest BCUT2D eigenvalue weighted by molar-refractivity contribution is -0.384. The second kappa shape index (κ2) is 17.5. The molecule has 338 valence electrons. The van der Waals surface area contributed by atoms with E-state index in [1.807, 2.05) is 19.1 Å². The molecule has 4 N–H and O–H groups in total. The smallest absolute Gasteiger partial charge is 0.293 e. The van der Waals surface area contributed by atoms with Crippen molar-refractivity contribution < 1.29 is 28.0 Å². The van der Waals surface area contributed by atoms with Gasteiger partial charge < -0.3 is 25.0 Å². The van der Waals surface area contributed by atoms with E-state index in [2.05, 4.69) is 67.9 Å². The number of aromatic nitrogens is 2. The molecule has 64 heavy (non-hydrogen) atoms. The number of piperidine rings is 1. The Hall–Kier alpha value is -5.51. The van der Waals surface area contributed by atoms with E-state index in [1.165, 1.54) is 42.5 Å². The van der Waals surface area contributed by atoms with Crippen molar-refractivity contribution in [2.45, 2.75) is 107 Å². The fourth-order valence-corrected chi connectivity index (χ4v) is 11.8. The topological polar surface area (TPSA) is 183 Å². The number of pyridine rings is 1. The molecule has 0 unspecified atom stereocenters. The fourth-order valence-electron chi connectivity index (χ4n) is 10.8. The predicted molar refractivity (Wildman–Crippen MR) is 248 cm³/mol. The third kappa shape index (κ3) is 9.07. The van der Waals surface area contributed by atoms with E-state index < -0.39 is 37.0 Å². The van der Waals surface area contributed by atoms with E-state index in [9.17, 15) is 28.4 Å². The van der Waals surface area contributed by atoms with Crippen LogP contribution in [0.1, 0.15) is 112 Å². The number of benzene rings is 3. The molecule has 9 rings (SSSR count). The van der Waals surface area contributed by atoms with Crippen LogP contribution < -0.4 is 19.7 Å². The largest absolute Gasteiger partial charge is 0.455 e. The van der Waals surface area contributed by atoms with Crippen LogP contribution in [0, 0.1) is 21.4 Å². The Morgan fingerprint density at radius 3 is 2.52 bits per heavy atom. The zero-order valence-electron chi connectivity index (χ0n) is 36.9. The van der Waals surface area contributed by atoms with Crippen molar-refractivity contribution in [3.05, 3.63) is 112 Å². The number of amides is 1. The van der Waals surface area contributed by atoms with Gasteiger partial charge in [-0.1, -0.05) is 44.5 Å². The minimum absolute atomic E-state index is 0.0194. The van der Waals surface area contributed by atoms with Crippen molar-refractivity contribution in [1.29, 1.82) is 0 Å². The van der Waals surface area contributed by atoms with Gasteiger partial charge in [0, 0.05) is 68.2 Å². The first-order valence-corrected chi connectivity index (χ1v) is 24.3. The minimum atomic E-state index is -4.56. The summed E-state index contributed by atoms with van der Waals surface area (Å²) in [5, 5.41) is 26.4. The SMILES string of the molecule is CC(C)c1ccccc1[C@H]1CCC[C@H]1N1CC2(CCN(c3ccc(C(=O)NS(=O)(=O)c4ccc(NC[C@H]5CC[C@](C)(O)CC5)c([N+](=O)[O-])c4)c(Oc4cnc5[nH]ccc5c4)c3)CC2)C1. The second-order valence-corrected chi connectivity index (χ2v) is 21.0. The highest BCUT2D eigenvalue weighted by atomic mass is 32.2. The first-order chi connectivity index (χ1) is 30.7. The molecule has 4 aliphatic rings. The highest BCUT2D eigenvalue weighted by Crippen LogP contribution is 2.49. The van der Waals surface area contributed by atoms with Crippen LogP contribution in [0.2, 0.25) is 0 Å². The van der Waals surface area contributed by atoms with Crippen LogP contribution in [0.4, 0.5) is 17.1 Å². The molecule has 2 atom stereocenters. The summed E-state index contributed by atoms with van der Waals surface area (Å²) in [7, 11) is -4.56. The van der Waals surface area contributed by atoms with E-state index in [-0.39, 0.29) is 28.3 Å². The van der Waals surface area contributed by atoms with Crippen LogP contribution in [0.25, 0.3) is 11.0 Å². The van der Waals surface area contributed by atoms with Gasteiger partial charge in [0.05, 0.1) is 27.2 Å². The minimum Gasteiger partial charge on any atom is -0.455 e. The molecule has 1 spiro atoms. The average molecular weight is 890 g/mol. The third-order valence-corrected chi connectivity index (χ3v) is 15.8. The van der Waals surface area contributed by atoms with Gasteiger partial charge in [0.2, 0.25) is 0 Å². The summed E-state index contributed by atoms with van der Waals surface area (Å²) < 4.78 is 36.0. The number of rotatable bonds is 13. The number of hydrogen-bond acceptors (Lipinski definition) is 11. The van der Waals surface area contributed by atoms with Crippen LogP contribution in [0.15, 0.2) is 90.1 Å². The number of carbonyl (C=O) groups is 1. The molecule has 0 bridgehead atoms. The van der Waals surface area contributed by atoms with Gasteiger partial charge in [-0.05, 0) is 129 Å². The number of carbonyl (C=O) groups excluding carboxylic acids is 1. The van der Waals surface area contributed by atoms with Crippen molar-refractivity contribution in [3.63, 3.8) is 0 Å². The molecule has 4 heterocycles. The predicted octanol–water partition coefficient (Wildman–Crippen LogP) is 9.10. The highest BCUT2D eigenvalue weighted by Gasteiger charge is 2.49. The number of sulfonamides is 1. The molecule has 2 aliphatic carbocycles. The maximum atomic E-state index is 14.0. The quantitative estimate of drug-likeness (QED) is 0.0654. The maximum Gasteiger partial charge on any atom is 0.293 e. The van der Waals surface area contributed by atoms with Crippen molar-refractivity contribution in [3.8, 4) is 11.5 Å². The molecule has 3 aromatic carbocycles. The third-order valence-electron chi connectivity index (χ3n) is 14.5. The van der Waals surface area contributed by atoms with Gasteiger partial charge in [-0.2, -0.15) is 0 Å². The summed E-state index contributed by atoms with van der Waals surface area (Å²) in [4.78, 5) is 37.6. The standard InChI is InChI=1S/C49H59N7O7S/c1-32(2)38-7-4-5-8-39(38)40-9-6-10-43(40)55-30-49(31-55)20-23-54(24-21-49)35-11-13-41(45(26-35)63-36-25-34-17-22-50-46(34)52-29-36)47(57)53-64(61,62)37-12-14-42(44(27-37)56(59)60)51-28-33-15-18-48(3,58)19-16-33/h4-5,7-8,11-14,17,22,25-27,29,32-33,40,43,51,58H,6,9-10,15-16,18-21,23-24,28,30-31H2,1-3H3,(H,50,52)(H,53,57)/t33-,40-,43-,48-/m1/s1. The average Bonchev–Trinajstić information content (AvgIpc) is 3.95. The second-order valence-electron chi connectivity index (χ2n) is 19.3. The molecule has 5 aromatic rings.